The molecule has 0 amide bonds. The molecule has 0 unspecified atom stereocenters. The lowest BCUT2D eigenvalue weighted by molar-refractivity contribution is 0.0971. The largest absolute Gasteiger partial charge is 0.497 e. The van der Waals surface area contributed by atoms with Gasteiger partial charge >= 0.3 is 0 Å². The Hall–Kier alpha value is -2.34. The van der Waals surface area contributed by atoms with Crippen LogP contribution in [0.3, 0.4) is 0 Å². The van der Waals surface area contributed by atoms with Crippen LogP contribution in [0.1, 0.15) is 29.3 Å². The van der Waals surface area contributed by atoms with Crippen LogP contribution in [-0.2, 0) is 10.0 Å². The van der Waals surface area contributed by atoms with E-state index < -0.39 is 16.1 Å². The van der Waals surface area contributed by atoms with Crippen LogP contribution in [0.2, 0.25) is 0 Å². The van der Waals surface area contributed by atoms with Crippen molar-refractivity contribution in [3.05, 3.63) is 53.6 Å². The predicted molar refractivity (Wildman–Crippen MR) is 92.2 cm³/mol. The summed E-state index contributed by atoms with van der Waals surface area (Å²) >= 11 is 0. The number of Topliss-reactive ketones (excluding diaryl/α,β-unsaturated/α-hetero) is 1. The molecule has 0 aromatic heterocycles. The van der Waals surface area contributed by atoms with Gasteiger partial charge in [0.05, 0.1) is 17.7 Å². The predicted octanol–water partition coefficient (Wildman–Crippen LogP) is 3.17. The molecule has 0 saturated heterocycles. The van der Waals surface area contributed by atoms with Crippen LogP contribution in [0.15, 0.2) is 47.4 Å². The Balaban J connectivity index is 2.15. The number of hydrogen-bond donors (Lipinski definition) is 0. The van der Waals surface area contributed by atoms with Gasteiger partial charge in [-0.1, -0.05) is 17.7 Å². The Bertz CT molecular complexity index is 888. The standard InChI is InChI=1S/C18H19NO4S/c1-12-4-7-15(8-5-12)24(21,22)19-13(2)10-18(20)16-11-14(23-3)6-9-17(16)19/h4-9,11,13H,10H2,1-3H3/t13-/m0/s1. The van der Waals surface area contributed by atoms with Crippen molar-refractivity contribution in [1.29, 1.82) is 0 Å². The van der Waals surface area contributed by atoms with Gasteiger partial charge in [0.2, 0.25) is 0 Å². The van der Waals surface area contributed by atoms with Crippen molar-refractivity contribution in [2.24, 2.45) is 0 Å². The van der Waals surface area contributed by atoms with Crippen molar-refractivity contribution in [2.75, 3.05) is 11.4 Å². The van der Waals surface area contributed by atoms with E-state index in [4.69, 9.17) is 4.74 Å². The van der Waals surface area contributed by atoms with E-state index in [9.17, 15) is 13.2 Å². The quantitative estimate of drug-likeness (QED) is 0.857. The number of ether oxygens (including phenoxy) is 1. The SMILES string of the molecule is COc1ccc2c(c1)C(=O)C[C@H](C)N2S(=O)(=O)c1ccc(C)cc1. The summed E-state index contributed by atoms with van der Waals surface area (Å²) in [5.41, 5.74) is 1.77. The van der Waals surface area contributed by atoms with E-state index in [0.717, 1.165) is 5.56 Å². The third-order valence-electron chi connectivity index (χ3n) is 4.20. The summed E-state index contributed by atoms with van der Waals surface area (Å²) in [7, 11) is -2.23. The van der Waals surface area contributed by atoms with Crippen LogP contribution in [0, 0.1) is 6.92 Å². The zero-order chi connectivity index (χ0) is 17.5. The number of nitrogens with zero attached hydrogens (tertiary/aromatic N) is 1. The van der Waals surface area contributed by atoms with E-state index in [1.165, 1.54) is 11.4 Å². The number of aryl methyl sites for hydroxylation is 1. The number of anilines is 1. The van der Waals surface area contributed by atoms with Gasteiger partial charge in [-0.25, -0.2) is 8.42 Å². The fraction of sp³-hybridized carbons (Fsp3) is 0.278. The molecule has 24 heavy (non-hydrogen) atoms. The molecule has 1 heterocycles. The lowest BCUT2D eigenvalue weighted by Gasteiger charge is -2.35. The second kappa shape index (κ2) is 5.94. The molecule has 0 saturated carbocycles. The number of carbonyl (C=O) groups excluding carboxylic acids is 1. The van der Waals surface area contributed by atoms with Crippen LogP contribution in [0.4, 0.5) is 5.69 Å². The van der Waals surface area contributed by atoms with Gasteiger partial charge < -0.3 is 4.74 Å². The molecule has 5 nitrogen and oxygen atoms in total. The molecular formula is C18H19NO4S. The van der Waals surface area contributed by atoms with E-state index in [1.807, 2.05) is 6.92 Å². The summed E-state index contributed by atoms with van der Waals surface area (Å²) in [6.45, 7) is 3.65. The molecular weight excluding hydrogens is 326 g/mol. The lowest BCUT2D eigenvalue weighted by atomic mass is 9.97. The molecule has 0 bridgehead atoms. The molecule has 2 aromatic carbocycles. The van der Waals surface area contributed by atoms with Gasteiger partial charge in [-0.15, -0.1) is 0 Å². The maximum atomic E-state index is 13.1. The second-order valence-corrected chi connectivity index (χ2v) is 7.79. The molecule has 0 aliphatic carbocycles. The molecule has 126 valence electrons. The monoisotopic (exact) mass is 345 g/mol. The first-order chi connectivity index (χ1) is 11.3. The van der Waals surface area contributed by atoms with Crippen LogP contribution in [-0.4, -0.2) is 27.4 Å². The first-order valence-corrected chi connectivity index (χ1v) is 9.11. The number of sulfonamides is 1. The topological polar surface area (TPSA) is 63.7 Å². The van der Waals surface area contributed by atoms with Crippen LogP contribution >= 0.6 is 0 Å². The van der Waals surface area contributed by atoms with Crippen molar-refractivity contribution in [2.45, 2.75) is 31.2 Å². The summed E-state index contributed by atoms with van der Waals surface area (Å²) in [5.74, 6) is 0.455. The van der Waals surface area contributed by atoms with Gasteiger partial charge in [-0.2, -0.15) is 0 Å². The first-order valence-electron chi connectivity index (χ1n) is 7.67. The average Bonchev–Trinajstić information content (AvgIpc) is 2.54. The smallest absolute Gasteiger partial charge is 0.264 e. The summed E-state index contributed by atoms with van der Waals surface area (Å²) in [6, 6.07) is 11.2. The average molecular weight is 345 g/mol. The number of fused-ring (bicyclic) bond motifs is 1. The van der Waals surface area contributed by atoms with Crippen LogP contribution < -0.4 is 9.04 Å². The highest BCUT2D eigenvalue weighted by molar-refractivity contribution is 7.92. The molecule has 0 N–H and O–H groups in total. The van der Waals surface area contributed by atoms with E-state index in [0.29, 0.717) is 17.0 Å². The molecule has 6 heteroatoms. The minimum Gasteiger partial charge on any atom is -0.497 e. The van der Waals surface area contributed by atoms with E-state index in [-0.39, 0.29) is 17.1 Å². The number of benzene rings is 2. The number of hydrogen-bond acceptors (Lipinski definition) is 4. The Morgan fingerprint density at radius 2 is 1.79 bits per heavy atom. The van der Waals surface area contributed by atoms with Crippen molar-refractivity contribution in [3.63, 3.8) is 0 Å². The van der Waals surface area contributed by atoms with Crippen molar-refractivity contribution >= 4 is 21.5 Å². The zero-order valence-corrected chi connectivity index (χ0v) is 14.6. The highest BCUT2D eigenvalue weighted by Crippen LogP contribution is 2.37. The van der Waals surface area contributed by atoms with Crippen LogP contribution in [0.5, 0.6) is 5.75 Å². The van der Waals surface area contributed by atoms with E-state index in [2.05, 4.69) is 0 Å². The van der Waals surface area contributed by atoms with Gasteiger partial charge in [0.1, 0.15) is 5.75 Å². The third-order valence-corrected chi connectivity index (χ3v) is 6.14. The van der Waals surface area contributed by atoms with Gasteiger partial charge in [0.25, 0.3) is 10.0 Å². The minimum atomic E-state index is -3.74. The van der Waals surface area contributed by atoms with Crippen molar-refractivity contribution < 1.29 is 17.9 Å². The number of rotatable bonds is 3. The van der Waals surface area contributed by atoms with Gasteiger partial charge in [0.15, 0.2) is 5.78 Å². The van der Waals surface area contributed by atoms with Gasteiger partial charge in [-0.05, 0) is 44.2 Å². The highest BCUT2D eigenvalue weighted by Gasteiger charge is 2.37. The minimum absolute atomic E-state index is 0.0771. The van der Waals surface area contributed by atoms with E-state index >= 15 is 0 Å². The third kappa shape index (κ3) is 2.67. The second-order valence-electron chi connectivity index (χ2n) is 5.97. The Morgan fingerprint density at radius 1 is 1.12 bits per heavy atom. The molecule has 2 aromatic rings. The zero-order valence-electron chi connectivity index (χ0n) is 13.8. The van der Waals surface area contributed by atoms with Gasteiger partial charge in [-0.3, -0.25) is 9.10 Å². The highest BCUT2D eigenvalue weighted by atomic mass is 32.2. The Kier molecular flexibility index (Phi) is 4.09. The summed E-state index contributed by atoms with van der Waals surface area (Å²) in [5, 5.41) is 0. The maximum absolute atomic E-state index is 13.1. The molecule has 0 radical (unpaired) electrons. The normalized spacial score (nSPS) is 17.5. The molecule has 1 aliphatic rings. The Labute approximate surface area is 141 Å². The first kappa shape index (κ1) is 16.5. The molecule has 3 rings (SSSR count). The van der Waals surface area contributed by atoms with Crippen LogP contribution in [0.25, 0.3) is 0 Å². The Morgan fingerprint density at radius 3 is 2.42 bits per heavy atom. The molecule has 1 atom stereocenters. The number of methoxy groups -OCH3 is 1. The summed E-state index contributed by atoms with van der Waals surface area (Å²) in [4.78, 5) is 12.6. The van der Waals surface area contributed by atoms with Crippen molar-refractivity contribution in [3.8, 4) is 5.75 Å². The maximum Gasteiger partial charge on any atom is 0.264 e. The van der Waals surface area contributed by atoms with Gasteiger partial charge in [0, 0.05) is 18.0 Å². The summed E-state index contributed by atoms with van der Waals surface area (Å²) in [6.07, 6.45) is 0.144. The fourth-order valence-electron chi connectivity index (χ4n) is 2.95. The summed E-state index contributed by atoms with van der Waals surface area (Å²) < 4.78 is 32.7. The fourth-order valence-corrected chi connectivity index (χ4v) is 4.62. The van der Waals surface area contributed by atoms with E-state index in [1.54, 1.807) is 49.4 Å². The lowest BCUT2D eigenvalue weighted by Crippen LogP contribution is -2.43. The number of ketones is 1. The molecule has 0 fully saturated rings. The van der Waals surface area contributed by atoms with Crippen molar-refractivity contribution in [1.82, 2.24) is 0 Å². The molecule has 1 aliphatic heterocycles. The molecule has 0 spiro atoms. The number of carbonyl (C=O) groups is 1.